The molecule has 4 aromatic carbocycles. The highest BCUT2D eigenvalue weighted by atomic mass is 35.5. The second kappa shape index (κ2) is 17.4. The first-order valence-corrected chi connectivity index (χ1v) is 19.2. The second-order valence-electron chi connectivity index (χ2n) is 14.4. The first-order valence-electron chi connectivity index (χ1n) is 18.8. The van der Waals surface area contributed by atoms with E-state index in [1.807, 2.05) is 66.4 Å². The molecule has 5 aromatic rings. The Balaban J connectivity index is 1.08. The Kier molecular flexibility index (Phi) is 12.0. The van der Waals surface area contributed by atoms with Crippen molar-refractivity contribution in [1.29, 1.82) is 5.26 Å². The number of benzene rings is 4. The molecule has 3 heterocycles. The Labute approximate surface area is 330 Å². The Morgan fingerprint density at radius 1 is 0.911 bits per heavy atom. The van der Waals surface area contributed by atoms with Gasteiger partial charge in [0.2, 0.25) is 0 Å². The number of halogens is 1. The van der Waals surface area contributed by atoms with Crippen LogP contribution in [0.5, 0.6) is 11.5 Å². The lowest BCUT2D eigenvalue weighted by molar-refractivity contribution is -0.142. The minimum atomic E-state index is -0.848. The van der Waals surface area contributed by atoms with E-state index in [0.29, 0.717) is 60.4 Å². The zero-order valence-electron chi connectivity index (χ0n) is 31.1. The molecule has 12 heteroatoms. The van der Waals surface area contributed by atoms with E-state index >= 15 is 0 Å². The molecule has 0 radical (unpaired) electrons. The number of hydrogen-bond donors (Lipinski definition) is 2. The van der Waals surface area contributed by atoms with Gasteiger partial charge in [0.05, 0.1) is 16.7 Å². The molecule has 2 saturated heterocycles. The summed E-state index contributed by atoms with van der Waals surface area (Å²) in [6.45, 7) is 4.76. The molecule has 2 aliphatic heterocycles. The molecule has 7 rings (SSSR count). The number of nitriles is 1. The fourth-order valence-electron chi connectivity index (χ4n) is 7.49. The number of likely N-dealkylation sites (tertiary alicyclic amines) is 2. The zero-order valence-corrected chi connectivity index (χ0v) is 31.9. The molecule has 2 fully saturated rings. The number of aliphatic hydroxyl groups excluding tert-OH is 1. The fourth-order valence-corrected chi connectivity index (χ4v) is 7.73. The Morgan fingerprint density at radius 2 is 1.68 bits per heavy atom. The van der Waals surface area contributed by atoms with Crippen molar-refractivity contribution in [2.75, 3.05) is 26.2 Å². The number of aliphatic carboxylic acids is 1. The van der Waals surface area contributed by atoms with Gasteiger partial charge in [-0.3, -0.25) is 14.5 Å². The fraction of sp³-hybridized carbons (Fsp3) is 0.318. The molecule has 0 unspecified atom stereocenters. The predicted octanol–water partition coefficient (Wildman–Crippen LogP) is 7.89. The molecule has 11 nitrogen and oxygen atoms in total. The summed E-state index contributed by atoms with van der Waals surface area (Å²) in [4.78, 5) is 28.8. The highest BCUT2D eigenvalue weighted by Crippen LogP contribution is 2.37. The molecule has 2 N–H and O–H groups in total. The minimum Gasteiger partial charge on any atom is -0.488 e. The van der Waals surface area contributed by atoms with Crippen molar-refractivity contribution in [2.24, 2.45) is 5.92 Å². The highest BCUT2D eigenvalue weighted by Gasteiger charge is 2.31. The van der Waals surface area contributed by atoms with Gasteiger partial charge in [-0.25, -0.2) is 0 Å². The van der Waals surface area contributed by atoms with Gasteiger partial charge in [0.1, 0.15) is 30.8 Å². The molecular formula is C44H43ClN4O7. The van der Waals surface area contributed by atoms with Crippen LogP contribution in [-0.4, -0.2) is 69.3 Å². The number of carboxylic acids is 1. The molecule has 2 aliphatic rings. The quantitative estimate of drug-likeness (QED) is 0.121. The van der Waals surface area contributed by atoms with Crippen LogP contribution >= 0.6 is 11.6 Å². The predicted molar refractivity (Wildman–Crippen MR) is 210 cm³/mol. The van der Waals surface area contributed by atoms with Crippen LogP contribution in [0.2, 0.25) is 5.02 Å². The lowest BCUT2D eigenvalue weighted by atomic mass is 9.95. The SMILES string of the molecule is Cc1c(COc2cc(OCc3cccc(C#N)c3)c(CN3CCC[C@H]3C(=O)O)cc2Cl)cccc1-c1cccc(-c2cc(C(=O)N3CCC(CO)CC3)no2)c1. The first kappa shape index (κ1) is 38.6. The molecule has 0 bridgehead atoms. The van der Waals surface area contributed by atoms with E-state index in [1.54, 1.807) is 35.2 Å². The number of carbonyl (C=O) groups excluding carboxylic acids is 1. The van der Waals surface area contributed by atoms with E-state index < -0.39 is 12.0 Å². The normalized spacial score (nSPS) is 16.1. The van der Waals surface area contributed by atoms with Crippen LogP contribution < -0.4 is 9.47 Å². The maximum Gasteiger partial charge on any atom is 0.320 e. The number of aliphatic hydroxyl groups is 1. The number of hydrogen-bond acceptors (Lipinski definition) is 9. The second-order valence-corrected chi connectivity index (χ2v) is 14.8. The van der Waals surface area contributed by atoms with Crippen LogP contribution in [0.25, 0.3) is 22.5 Å². The van der Waals surface area contributed by atoms with Gasteiger partial charge in [0.15, 0.2) is 11.5 Å². The van der Waals surface area contributed by atoms with Crippen molar-refractivity contribution >= 4 is 23.5 Å². The van der Waals surface area contributed by atoms with Crippen LogP contribution in [0.15, 0.2) is 89.5 Å². The molecule has 0 spiro atoms. The maximum atomic E-state index is 13.1. The third-order valence-electron chi connectivity index (χ3n) is 10.8. The number of amides is 1. The largest absolute Gasteiger partial charge is 0.488 e. The number of nitrogens with zero attached hydrogens (tertiary/aromatic N) is 4. The lowest BCUT2D eigenvalue weighted by Crippen LogP contribution is -2.39. The van der Waals surface area contributed by atoms with Crippen molar-refractivity contribution in [3.05, 3.63) is 123 Å². The number of piperidine rings is 1. The average Bonchev–Trinajstić information content (AvgIpc) is 3.91. The molecular weight excluding hydrogens is 732 g/mol. The Hall–Kier alpha value is -5.67. The van der Waals surface area contributed by atoms with Crippen LogP contribution in [0.3, 0.4) is 0 Å². The molecule has 56 heavy (non-hydrogen) atoms. The van der Waals surface area contributed by atoms with Crippen LogP contribution in [0.4, 0.5) is 0 Å². The van der Waals surface area contributed by atoms with Crippen molar-refractivity contribution in [3.8, 4) is 40.0 Å². The summed E-state index contributed by atoms with van der Waals surface area (Å²) in [6, 6.07) is 27.9. The summed E-state index contributed by atoms with van der Waals surface area (Å²) < 4.78 is 18.3. The number of carbonyl (C=O) groups is 2. The smallest absolute Gasteiger partial charge is 0.320 e. The van der Waals surface area contributed by atoms with Crippen molar-refractivity contribution < 1.29 is 33.8 Å². The van der Waals surface area contributed by atoms with Crippen LogP contribution in [0, 0.1) is 24.2 Å². The van der Waals surface area contributed by atoms with Crippen molar-refractivity contribution in [2.45, 2.75) is 58.4 Å². The van der Waals surface area contributed by atoms with E-state index in [0.717, 1.165) is 58.2 Å². The van der Waals surface area contributed by atoms with Crippen LogP contribution in [0.1, 0.15) is 64.0 Å². The molecule has 1 amide bonds. The van der Waals surface area contributed by atoms with E-state index in [1.165, 1.54) is 0 Å². The van der Waals surface area contributed by atoms with E-state index in [2.05, 4.69) is 11.2 Å². The molecule has 1 atom stereocenters. The van der Waals surface area contributed by atoms with Crippen molar-refractivity contribution in [1.82, 2.24) is 15.0 Å². The third-order valence-corrected chi connectivity index (χ3v) is 11.1. The van der Waals surface area contributed by atoms with Gasteiger partial charge < -0.3 is 29.1 Å². The van der Waals surface area contributed by atoms with Gasteiger partial charge >= 0.3 is 5.97 Å². The molecule has 288 valence electrons. The number of rotatable bonds is 13. The topological polar surface area (TPSA) is 149 Å². The van der Waals surface area contributed by atoms with Gasteiger partial charge in [-0.1, -0.05) is 65.3 Å². The Morgan fingerprint density at radius 3 is 2.46 bits per heavy atom. The lowest BCUT2D eigenvalue weighted by Gasteiger charge is -2.30. The number of carboxylic acid groups (broad SMARTS) is 1. The number of aromatic nitrogens is 1. The average molecular weight is 775 g/mol. The minimum absolute atomic E-state index is 0.140. The van der Waals surface area contributed by atoms with Gasteiger partial charge in [-0.15, -0.1) is 0 Å². The maximum absolute atomic E-state index is 13.1. The highest BCUT2D eigenvalue weighted by molar-refractivity contribution is 6.32. The number of ether oxygens (including phenoxy) is 2. The van der Waals surface area contributed by atoms with Gasteiger partial charge in [-0.05, 0) is 97.2 Å². The summed E-state index contributed by atoms with van der Waals surface area (Å²) in [7, 11) is 0. The summed E-state index contributed by atoms with van der Waals surface area (Å²) in [5.41, 5.74) is 7.06. The van der Waals surface area contributed by atoms with Crippen molar-refractivity contribution in [3.63, 3.8) is 0 Å². The van der Waals surface area contributed by atoms with Gasteiger partial charge in [0.25, 0.3) is 5.91 Å². The summed E-state index contributed by atoms with van der Waals surface area (Å²) in [6.07, 6.45) is 2.91. The molecule has 1 aromatic heterocycles. The third kappa shape index (κ3) is 8.74. The first-order chi connectivity index (χ1) is 27.2. The van der Waals surface area contributed by atoms with Crippen LogP contribution in [-0.2, 0) is 24.6 Å². The summed E-state index contributed by atoms with van der Waals surface area (Å²) in [5, 5.41) is 33.1. The van der Waals surface area contributed by atoms with Gasteiger partial charge in [-0.2, -0.15) is 5.26 Å². The summed E-state index contributed by atoms with van der Waals surface area (Å²) in [5.74, 6) is 0.649. The molecule has 0 saturated carbocycles. The monoisotopic (exact) mass is 774 g/mol. The standard InChI is InChI=1S/C44H43ClN4O7/c1-28-34(10-4-11-36(28)32-8-3-9-33(19-32)41-21-38(47-56-41)43(51)48-16-13-29(25-50)14-17-48)27-55-42-22-40(54-26-31-7-2-6-30(18-31)23-46)35(20-37(42)45)24-49-15-5-12-39(49)44(52)53/h2-4,6-11,18-22,29,39,50H,5,12-17,24-27H2,1H3,(H,52,53)/t39-/m0/s1. The zero-order chi connectivity index (χ0) is 39.2. The Bertz CT molecular complexity index is 2260. The van der Waals surface area contributed by atoms with E-state index in [9.17, 15) is 25.1 Å². The van der Waals surface area contributed by atoms with Gasteiger partial charge in [0, 0.05) is 49.5 Å². The summed E-state index contributed by atoms with van der Waals surface area (Å²) >= 11 is 6.83. The van der Waals surface area contributed by atoms with E-state index in [4.69, 9.17) is 25.6 Å². The molecule has 0 aliphatic carbocycles. The van der Waals surface area contributed by atoms with E-state index in [-0.39, 0.29) is 37.3 Å².